The number of rotatable bonds is 6. The standard InChI is InChI=1S/C13H15FN2OS/c1-2-15-8-10-5-11(14)7-12(6-10)17-9-13-16-3-4-18-13/h3-7,15H,2,8-9H2,1H3. The van der Waals surface area contributed by atoms with Gasteiger partial charge in [0.25, 0.3) is 0 Å². The minimum atomic E-state index is -0.278. The third-order valence-corrected chi connectivity index (χ3v) is 3.11. The van der Waals surface area contributed by atoms with Gasteiger partial charge in [-0.1, -0.05) is 6.92 Å². The topological polar surface area (TPSA) is 34.1 Å². The van der Waals surface area contributed by atoms with Gasteiger partial charge >= 0.3 is 0 Å². The van der Waals surface area contributed by atoms with Crippen LogP contribution in [0.1, 0.15) is 17.5 Å². The maximum absolute atomic E-state index is 13.4. The summed E-state index contributed by atoms with van der Waals surface area (Å²) >= 11 is 1.52. The molecule has 0 aliphatic rings. The Morgan fingerprint density at radius 1 is 1.39 bits per heavy atom. The second-order valence-corrected chi connectivity index (χ2v) is 4.77. The lowest BCUT2D eigenvalue weighted by molar-refractivity contribution is 0.303. The highest BCUT2D eigenvalue weighted by molar-refractivity contribution is 7.09. The van der Waals surface area contributed by atoms with Crippen LogP contribution in [0.25, 0.3) is 0 Å². The van der Waals surface area contributed by atoms with Gasteiger partial charge in [-0.3, -0.25) is 0 Å². The molecule has 1 N–H and O–H groups in total. The minimum absolute atomic E-state index is 0.278. The third-order valence-electron chi connectivity index (χ3n) is 2.36. The molecule has 0 spiro atoms. The van der Waals surface area contributed by atoms with Gasteiger partial charge in [0.15, 0.2) is 0 Å². The summed E-state index contributed by atoms with van der Waals surface area (Å²) in [5.74, 6) is 0.262. The number of nitrogens with zero attached hydrogens (tertiary/aromatic N) is 1. The van der Waals surface area contributed by atoms with Crippen LogP contribution in [0.5, 0.6) is 5.75 Å². The van der Waals surface area contributed by atoms with Crippen molar-refractivity contribution in [3.8, 4) is 5.75 Å². The van der Waals surface area contributed by atoms with Crippen LogP contribution in [-0.2, 0) is 13.2 Å². The molecule has 0 unspecified atom stereocenters. The fourth-order valence-electron chi connectivity index (χ4n) is 1.54. The fourth-order valence-corrected chi connectivity index (χ4v) is 2.07. The summed E-state index contributed by atoms with van der Waals surface area (Å²) in [6.45, 7) is 3.88. The Hall–Kier alpha value is -1.46. The fraction of sp³-hybridized carbons (Fsp3) is 0.308. The van der Waals surface area contributed by atoms with E-state index in [-0.39, 0.29) is 5.82 Å². The highest BCUT2D eigenvalue weighted by Gasteiger charge is 2.03. The monoisotopic (exact) mass is 266 g/mol. The van der Waals surface area contributed by atoms with Gasteiger partial charge in [-0.05, 0) is 24.2 Å². The molecule has 0 aliphatic heterocycles. The molecular formula is C13H15FN2OS. The maximum Gasteiger partial charge on any atom is 0.140 e. The van der Waals surface area contributed by atoms with Crippen LogP contribution in [-0.4, -0.2) is 11.5 Å². The van der Waals surface area contributed by atoms with Crippen molar-refractivity contribution in [2.24, 2.45) is 0 Å². The predicted octanol–water partition coefficient (Wildman–Crippen LogP) is 2.97. The molecule has 5 heteroatoms. The van der Waals surface area contributed by atoms with E-state index in [0.29, 0.717) is 18.9 Å². The number of benzene rings is 1. The number of aromatic nitrogens is 1. The number of halogens is 1. The molecular weight excluding hydrogens is 251 g/mol. The lowest BCUT2D eigenvalue weighted by Gasteiger charge is -2.08. The van der Waals surface area contributed by atoms with Crippen LogP contribution in [0.4, 0.5) is 4.39 Å². The van der Waals surface area contributed by atoms with Crippen molar-refractivity contribution in [3.05, 3.63) is 46.2 Å². The molecule has 0 radical (unpaired) electrons. The van der Waals surface area contributed by atoms with Crippen molar-refractivity contribution >= 4 is 11.3 Å². The Morgan fingerprint density at radius 2 is 2.28 bits per heavy atom. The first-order valence-electron chi connectivity index (χ1n) is 5.79. The number of hydrogen-bond acceptors (Lipinski definition) is 4. The van der Waals surface area contributed by atoms with E-state index in [1.165, 1.54) is 23.5 Å². The minimum Gasteiger partial charge on any atom is -0.486 e. The first-order chi connectivity index (χ1) is 8.78. The van der Waals surface area contributed by atoms with Gasteiger partial charge in [-0.25, -0.2) is 9.37 Å². The summed E-state index contributed by atoms with van der Waals surface area (Å²) in [5, 5.41) is 5.93. The van der Waals surface area contributed by atoms with E-state index in [1.807, 2.05) is 18.4 Å². The molecule has 1 heterocycles. The molecule has 0 fully saturated rings. The van der Waals surface area contributed by atoms with Crippen molar-refractivity contribution in [1.82, 2.24) is 10.3 Å². The smallest absolute Gasteiger partial charge is 0.140 e. The van der Waals surface area contributed by atoms with Crippen LogP contribution < -0.4 is 10.1 Å². The van der Waals surface area contributed by atoms with Crippen molar-refractivity contribution < 1.29 is 9.13 Å². The van der Waals surface area contributed by atoms with E-state index in [0.717, 1.165) is 17.1 Å². The number of hydrogen-bond donors (Lipinski definition) is 1. The van der Waals surface area contributed by atoms with E-state index in [2.05, 4.69) is 10.3 Å². The van der Waals surface area contributed by atoms with E-state index in [1.54, 1.807) is 6.20 Å². The summed E-state index contributed by atoms with van der Waals surface area (Å²) in [7, 11) is 0. The number of thiazole rings is 1. The molecule has 18 heavy (non-hydrogen) atoms. The van der Waals surface area contributed by atoms with Gasteiger partial charge in [-0.2, -0.15) is 0 Å². The van der Waals surface area contributed by atoms with Gasteiger partial charge in [0.2, 0.25) is 0 Å². The van der Waals surface area contributed by atoms with Crippen LogP contribution in [0.3, 0.4) is 0 Å². The first-order valence-corrected chi connectivity index (χ1v) is 6.67. The summed E-state index contributed by atoms with van der Waals surface area (Å²) in [6, 6.07) is 4.75. The lowest BCUT2D eigenvalue weighted by atomic mass is 10.2. The molecule has 0 bridgehead atoms. The molecule has 96 valence electrons. The molecule has 1 aromatic heterocycles. The highest BCUT2D eigenvalue weighted by atomic mass is 32.1. The van der Waals surface area contributed by atoms with E-state index in [4.69, 9.17) is 4.74 Å². The predicted molar refractivity (Wildman–Crippen MR) is 70.2 cm³/mol. The van der Waals surface area contributed by atoms with Crippen molar-refractivity contribution in [2.45, 2.75) is 20.1 Å². The quantitative estimate of drug-likeness (QED) is 0.873. The second kappa shape index (κ2) is 6.47. The Morgan fingerprint density at radius 3 is 3.00 bits per heavy atom. The first kappa shape index (κ1) is 13.0. The Kier molecular flexibility index (Phi) is 4.66. The van der Waals surface area contributed by atoms with Crippen molar-refractivity contribution in [2.75, 3.05) is 6.54 Å². The maximum atomic E-state index is 13.4. The normalized spacial score (nSPS) is 10.6. The van der Waals surface area contributed by atoms with Crippen molar-refractivity contribution in [3.63, 3.8) is 0 Å². The largest absolute Gasteiger partial charge is 0.486 e. The zero-order chi connectivity index (χ0) is 12.8. The number of nitrogens with one attached hydrogen (secondary N) is 1. The van der Waals surface area contributed by atoms with Crippen LogP contribution >= 0.6 is 11.3 Å². The zero-order valence-corrected chi connectivity index (χ0v) is 11.0. The van der Waals surface area contributed by atoms with Gasteiger partial charge in [0.1, 0.15) is 23.2 Å². The molecule has 2 aromatic rings. The average Bonchev–Trinajstić information content (AvgIpc) is 2.86. The molecule has 1 aromatic carbocycles. The Balaban J connectivity index is 2.00. The average molecular weight is 266 g/mol. The SMILES string of the molecule is CCNCc1cc(F)cc(OCc2nccs2)c1. The summed E-state index contributed by atoms with van der Waals surface area (Å²) < 4.78 is 18.9. The molecule has 0 amide bonds. The Labute approximate surface area is 110 Å². The Bertz CT molecular complexity index is 488. The molecule has 0 atom stereocenters. The summed E-state index contributed by atoms with van der Waals surface area (Å²) in [5.41, 5.74) is 0.881. The molecule has 0 saturated carbocycles. The summed E-state index contributed by atoms with van der Waals surface area (Å²) in [4.78, 5) is 4.11. The van der Waals surface area contributed by atoms with Crippen LogP contribution in [0.2, 0.25) is 0 Å². The molecule has 3 nitrogen and oxygen atoms in total. The van der Waals surface area contributed by atoms with Gasteiger partial charge in [0, 0.05) is 24.2 Å². The van der Waals surface area contributed by atoms with Crippen LogP contribution in [0, 0.1) is 5.82 Å². The van der Waals surface area contributed by atoms with E-state index in [9.17, 15) is 4.39 Å². The molecule has 0 aliphatic carbocycles. The number of ether oxygens (including phenoxy) is 1. The van der Waals surface area contributed by atoms with E-state index < -0.39 is 0 Å². The highest BCUT2D eigenvalue weighted by Crippen LogP contribution is 2.18. The summed E-state index contributed by atoms with van der Waals surface area (Å²) in [6.07, 6.45) is 1.73. The molecule has 2 rings (SSSR count). The zero-order valence-electron chi connectivity index (χ0n) is 10.1. The third kappa shape index (κ3) is 3.78. The molecule has 0 saturated heterocycles. The van der Waals surface area contributed by atoms with Gasteiger partial charge in [0.05, 0.1) is 0 Å². The van der Waals surface area contributed by atoms with Gasteiger partial charge < -0.3 is 10.1 Å². The second-order valence-electron chi connectivity index (χ2n) is 3.79. The van der Waals surface area contributed by atoms with E-state index >= 15 is 0 Å². The van der Waals surface area contributed by atoms with Gasteiger partial charge in [-0.15, -0.1) is 11.3 Å². The van der Waals surface area contributed by atoms with Crippen molar-refractivity contribution in [1.29, 1.82) is 0 Å². The van der Waals surface area contributed by atoms with Crippen LogP contribution in [0.15, 0.2) is 29.8 Å². The lowest BCUT2D eigenvalue weighted by Crippen LogP contribution is -2.12.